The van der Waals surface area contributed by atoms with E-state index >= 15 is 0 Å². The molecule has 1 aliphatic heterocycles. The Morgan fingerprint density at radius 1 is 1.41 bits per heavy atom. The van der Waals surface area contributed by atoms with Crippen molar-refractivity contribution < 1.29 is 4.39 Å². The molecular formula is C14H19FN2. The molecule has 17 heavy (non-hydrogen) atoms. The summed E-state index contributed by atoms with van der Waals surface area (Å²) in [5.41, 5.74) is 1.82. The first-order valence-corrected chi connectivity index (χ1v) is 6.06. The normalized spacial score (nSPS) is 18.9. The van der Waals surface area contributed by atoms with Gasteiger partial charge in [0.2, 0.25) is 0 Å². The first-order chi connectivity index (χ1) is 8.22. The molecule has 0 unspecified atom stereocenters. The van der Waals surface area contributed by atoms with E-state index in [0.717, 1.165) is 37.3 Å². The summed E-state index contributed by atoms with van der Waals surface area (Å²) in [5.74, 6) is -0.140. The van der Waals surface area contributed by atoms with Gasteiger partial charge < -0.3 is 5.32 Å². The van der Waals surface area contributed by atoms with Gasteiger partial charge in [0.1, 0.15) is 5.82 Å². The third-order valence-corrected chi connectivity index (χ3v) is 3.24. The summed E-state index contributed by atoms with van der Waals surface area (Å²) in [4.78, 5) is 2.27. The Hall–Kier alpha value is -1.19. The maximum Gasteiger partial charge on any atom is 0.128 e. The standard InChI is InChI=1S/C14H19FN2/c1-3-14(17-8-6-16-7-9-17)12-10-11(2)4-5-13(12)15/h3-5,10,14,16H,1,6-9H2,2H3/t14-/m0/s1. The Balaban J connectivity index is 2.27. The highest BCUT2D eigenvalue weighted by molar-refractivity contribution is 5.29. The van der Waals surface area contributed by atoms with Crippen molar-refractivity contribution in [3.8, 4) is 0 Å². The molecule has 1 aliphatic rings. The molecule has 1 aromatic rings. The lowest BCUT2D eigenvalue weighted by atomic mass is 10.0. The molecule has 0 spiro atoms. The van der Waals surface area contributed by atoms with Crippen LogP contribution in [-0.4, -0.2) is 31.1 Å². The fraction of sp³-hybridized carbons (Fsp3) is 0.429. The molecule has 1 aromatic carbocycles. The molecule has 1 fully saturated rings. The Kier molecular flexibility index (Phi) is 3.92. The molecule has 0 radical (unpaired) electrons. The monoisotopic (exact) mass is 234 g/mol. The average Bonchev–Trinajstić information content (AvgIpc) is 2.36. The van der Waals surface area contributed by atoms with Gasteiger partial charge in [-0.3, -0.25) is 4.90 Å². The van der Waals surface area contributed by atoms with Gasteiger partial charge in [-0.15, -0.1) is 6.58 Å². The van der Waals surface area contributed by atoms with E-state index in [2.05, 4.69) is 16.8 Å². The van der Waals surface area contributed by atoms with E-state index in [0.29, 0.717) is 0 Å². The predicted octanol–water partition coefficient (Wildman–Crippen LogP) is 2.27. The highest BCUT2D eigenvalue weighted by atomic mass is 19.1. The summed E-state index contributed by atoms with van der Waals surface area (Å²) in [6, 6.07) is 5.25. The third kappa shape index (κ3) is 2.73. The van der Waals surface area contributed by atoms with Gasteiger partial charge in [0, 0.05) is 31.7 Å². The Morgan fingerprint density at radius 3 is 2.76 bits per heavy atom. The molecule has 0 aromatic heterocycles. The van der Waals surface area contributed by atoms with E-state index in [1.807, 2.05) is 19.1 Å². The van der Waals surface area contributed by atoms with Crippen molar-refractivity contribution in [2.24, 2.45) is 0 Å². The third-order valence-electron chi connectivity index (χ3n) is 3.24. The molecule has 2 rings (SSSR count). The lowest BCUT2D eigenvalue weighted by Crippen LogP contribution is -2.44. The maximum atomic E-state index is 13.9. The molecule has 1 saturated heterocycles. The molecule has 92 valence electrons. The van der Waals surface area contributed by atoms with Crippen molar-refractivity contribution in [2.45, 2.75) is 13.0 Å². The van der Waals surface area contributed by atoms with Crippen molar-refractivity contribution in [1.29, 1.82) is 0 Å². The number of hydrogen-bond acceptors (Lipinski definition) is 2. The zero-order valence-corrected chi connectivity index (χ0v) is 10.2. The number of aryl methyl sites for hydroxylation is 1. The van der Waals surface area contributed by atoms with Crippen LogP contribution in [0.3, 0.4) is 0 Å². The van der Waals surface area contributed by atoms with Gasteiger partial charge in [-0.2, -0.15) is 0 Å². The van der Waals surface area contributed by atoms with Crippen LogP contribution in [0.5, 0.6) is 0 Å². The van der Waals surface area contributed by atoms with Gasteiger partial charge in [0.15, 0.2) is 0 Å². The van der Waals surface area contributed by atoms with Crippen LogP contribution in [0.25, 0.3) is 0 Å². The molecule has 0 aliphatic carbocycles. The molecular weight excluding hydrogens is 215 g/mol. The fourth-order valence-corrected chi connectivity index (χ4v) is 2.32. The zero-order chi connectivity index (χ0) is 12.3. The van der Waals surface area contributed by atoms with E-state index in [-0.39, 0.29) is 11.9 Å². The Labute approximate surface area is 102 Å². The van der Waals surface area contributed by atoms with E-state index in [1.54, 1.807) is 12.1 Å². The van der Waals surface area contributed by atoms with Crippen molar-refractivity contribution in [2.75, 3.05) is 26.2 Å². The quantitative estimate of drug-likeness (QED) is 0.807. The number of benzene rings is 1. The van der Waals surface area contributed by atoms with Crippen LogP contribution < -0.4 is 5.32 Å². The molecule has 1 heterocycles. The topological polar surface area (TPSA) is 15.3 Å². The van der Waals surface area contributed by atoms with Crippen LogP contribution in [-0.2, 0) is 0 Å². The smallest absolute Gasteiger partial charge is 0.128 e. The largest absolute Gasteiger partial charge is 0.314 e. The SMILES string of the molecule is C=C[C@@H](c1cc(C)ccc1F)N1CCNCC1. The summed E-state index contributed by atoms with van der Waals surface area (Å²) in [5, 5.41) is 3.30. The molecule has 0 bridgehead atoms. The molecule has 0 saturated carbocycles. The molecule has 3 heteroatoms. The van der Waals surface area contributed by atoms with Crippen LogP contribution in [0.15, 0.2) is 30.9 Å². The predicted molar refractivity (Wildman–Crippen MR) is 68.5 cm³/mol. The van der Waals surface area contributed by atoms with Gasteiger partial charge >= 0.3 is 0 Å². The molecule has 1 N–H and O–H groups in total. The van der Waals surface area contributed by atoms with E-state index in [4.69, 9.17) is 0 Å². The van der Waals surface area contributed by atoms with E-state index in [9.17, 15) is 4.39 Å². The molecule has 2 nitrogen and oxygen atoms in total. The second kappa shape index (κ2) is 5.43. The van der Waals surface area contributed by atoms with Crippen LogP contribution in [0.2, 0.25) is 0 Å². The van der Waals surface area contributed by atoms with E-state index < -0.39 is 0 Å². The van der Waals surface area contributed by atoms with Gasteiger partial charge in [-0.05, 0) is 13.0 Å². The van der Waals surface area contributed by atoms with Crippen LogP contribution >= 0.6 is 0 Å². The number of hydrogen-bond donors (Lipinski definition) is 1. The van der Waals surface area contributed by atoms with Gasteiger partial charge in [-0.25, -0.2) is 4.39 Å². The first kappa shape index (κ1) is 12.3. The first-order valence-electron chi connectivity index (χ1n) is 6.06. The van der Waals surface area contributed by atoms with Crippen LogP contribution in [0, 0.1) is 12.7 Å². The summed E-state index contributed by atoms with van der Waals surface area (Å²) in [6.45, 7) is 9.62. The number of nitrogens with one attached hydrogen (secondary N) is 1. The van der Waals surface area contributed by atoms with Crippen molar-refractivity contribution in [1.82, 2.24) is 10.2 Å². The summed E-state index contributed by atoms with van der Waals surface area (Å²) in [6.07, 6.45) is 1.84. The van der Waals surface area contributed by atoms with E-state index in [1.165, 1.54) is 0 Å². The van der Waals surface area contributed by atoms with Gasteiger partial charge in [-0.1, -0.05) is 23.8 Å². The van der Waals surface area contributed by atoms with Gasteiger partial charge in [0.05, 0.1) is 6.04 Å². The minimum absolute atomic E-state index is 0.0167. The Morgan fingerprint density at radius 2 is 2.12 bits per heavy atom. The number of nitrogens with zero attached hydrogens (tertiary/aromatic N) is 1. The van der Waals surface area contributed by atoms with Crippen LogP contribution in [0.1, 0.15) is 17.2 Å². The zero-order valence-electron chi connectivity index (χ0n) is 10.2. The average molecular weight is 234 g/mol. The van der Waals surface area contributed by atoms with Crippen molar-refractivity contribution in [3.63, 3.8) is 0 Å². The highest BCUT2D eigenvalue weighted by Crippen LogP contribution is 2.25. The number of halogens is 1. The summed E-state index contributed by atoms with van der Waals surface area (Å²) >= 11 is 0. The second-order valence-corrected chi connectivity index (χ2v) is 4.49. The number of piperazine rings is 1. The molecule has 1 atom stereocenters. The summed E-state index contributed by atoms with van der Waals surface area (Å²) in [7, 11) is 0. The Bertz CT molecular complexity index is 397. The maximum absolute atomic E-state index is 13.9. The van der Waals surface area contributed by atoms with Crippen molar-refractivity contribution in [3.05, 3.63) is 47.8 Å². The lowest BCUT2D eigenvalue weighted by Gasteiger charge is -2.33. The summed E-state index contributed by atoms with van der Waals surface area (Å²) < 4.78 is 13.9. The van der Waals surface area contributed by atoms with Gasteiger partial charge in [0.25, 0.3) is 0 Å². The highest BCUT2D eigenvalue weighted by Gasteiger charge is 2.21. The fourth-order valence-electron chi connectivity index (χ4n) is 2.32. The minimum Gasteiger partial charge on any atom is -0.314 e. The van der Waals surface area contributed by atoms with Crippen molar-refractivity contribution >= 4 is 0 Å². The van der Waals surface area contributed by atoms with Crippen LogP contribution in [0.4, 0.5) is 4.39 Å². The number of rotatable bonds is 3. The second-order valence-electron chi connectivity index (χ2n) is 4.49. The minimum atomic E-state index is -0.140. The molecule has 0 amide bonds. The lowest BCUT2D eigenvalue weighted by molar-refractivity contribution is 0.200.